The monoisotopic (exact) mass is 417 g/mol. The molecule has 0 radical (unpaired) electrons. The summed E-state index contributed by atoms with van der Waals surface area (Å²) in [4.78, 5) is 8.79. The zero-order chi connectivity index (χ0) is 20.6. The summed E-state index contributed by atoms with van der Waals surface area (Å²) in [6.07, 6.45) is 3.63. The van der Waals surface area contributed by atoms with Crippen LogP contribution in [0, 0.1) is 12.8 Å². The van der Waals surface area contributed by atoms with Gasteiger partial charge in [-0.3, -0.25) is 4.90 Å². The molecular weight excluding hydrogens is 382 g/mol. The molecule has 1 saturated heterocycles. The number of aromatic nitrogens is 3. The lowest BCUT2D eigenvalue weighted by Gasteiger charge is -2.24. The lowest BCUT2D eigenvalue weighted by molar-refractivity contribution is 0.267. The number of likely N-dealkylation sites (N-methyl/N-ethyl adjacent to an activating group) is 1. The van der Waals surface area contributed by atoms with Crippen LogP contribution in [0.3, 0.4) is 0 Å². The van der Waals surface area contributed by atoms with E-state index in [1.165, 1.54) is 24.3 Å². The maximum atomic E-state index is 4.80. The molecule has 2 N–H and O–H groups in total. The number of nitrogens with zero attached hydrogens (tertiary/aromatic N) is 5. The average molecular weight is 418 g/mol. The summed E-state index contributed by atoms with van der Waals surface area (Å²) in [6, 6.07) is 4.93. The molecule has 0 saturated carbocycles. The first-order chi connectivity index (χ1) is 14.1. The average Bonchev–Trinajstić information content (AvgIpc) is 3.45. The van der Waals surface area contributed by atoms with E-state index in [2.05, 4.69) is 57.1 Å². The summed E-state index contributed by atoms with van der Waals surface area (Å²) in [5.74, 6) is 3.20. The number of aliphatic imine (C=N–C) groups is 1. The molecule has 2 aromatic rings. The summed E-state index contributed by atoms with van der Waals surface area (Å²) in [7, 11) is 1.99. The molecule has 160 valence electrons. The molecule has 0 spiro atoms. The lowest BCUT2D eigenvalue weighted by atomic mass is 10.1. The summed E-state index contributed by atoms with van der Waals surface area (Å²) < 4.78 is 2.00. The van der Waals surface area contributed by atoms with Crippen LogP contribution in [-0.2, 0) is 20.0 Å². The van der Waals surface area contributed by atoms with E-state index < -0.39 is 0 Å². The van der Waals surface area contributed by atoms with Gasteiger partial charge < -0.3 is 15.2 Å². The lowest BCUT2D eigenvalue weighted by Crippen LogP contribution is -2.46. The molecule has 7 nitrogen and oxygen atoms in total. The van der Waals surface area contributed by atoms with Crippen molar-refractivity contribution in [2.24, 2.45) is 18.0 Å². The highest BCUT2D eigenvalue weighted by Crippen LogP contribution is 2.16. The van der Waals surface area contributed by atoms with Crippen LogP contribution in [0.25, 0.3) is 0 Å². The van der Waals surface area contributed by atoms with Crippen LogP contribution in [0.15, 0.2) is 22.5 Å². The van der Waals surface area contributed by atoms with E-state index in [9.17, 15) is 0 Å². The molecule has 1 aliphatic heterocycles. The zero-order valence-corrected chi connectivity index (χ0v) is 19.0. The molecule has 2 unspecified atom stereocenters. The molecular formula is C21H35N7S. The summed E-state index contributed by atoms with van der Waals surface area (Å²) in [5.41, 5.74) is 0. The zero-order valence-electron chi connectivity index (χ0n) is 18.2. The number of guanidine groups is 1. The fourth-order valence-corrected chi connectivity index (χ4v) is 4.65. The molecule has 0 aliphatic carbocycles. The van der Waals surface area contributed by atoms with Gasteiger partial charge >= 0.3 is 0 Å². The van der Waals surface area contributed by atoms with Crippen molar-refractivity contribution in [1.82, 2.24) is 30.3 Å². The van der Waals surface area contributed by atoms with E-state index in [1.807, 2.05) is 29.9 Å². The Kier molecular flexibility index (Phi) is 8.06. The third kappa shape index (κ3) is 6.27. The second-order valence-corrected chi connectivity index (χ2v) is 8.99. The second-order valence-electron chi connectivity index (χ2n) is 7.96. The van der Waals surface area contributed by atoms with E-state index >= 15 is 0 Å². The second kappa shape index (κ2) is 10.7. The predicted octanol–water partition coefficient (Wildman–Crippen LogP) is 2.58. The molecule has 29 heavy (non-hydrogen) atoms. The molecule has 0 amide bonds. The van der Waals surface area contributed by atoms with Crippen LogP contribution in [0.5, 0.6) is 0 Å². The van der Waals surface area contributed by atoms with Crippen molar-refractivity contribution in [2.75, 3.05) is 26.2 Å². The van der Waals surface area contributed by atoms with Crippen molar-refractivity contribution in [3.63, 3.8) is 0 Å². The van der Waals surface area contributed by atoms with Gasteiger partial charge in [0.25, 0.3) is 0 Å². The fraction of sp³-hybridized carbons (Fsp3) is 0.667. The Balaban J connectivity index is 1.58. The third-order valence-electron chi connectivity index (χ3n) is 5.72. The van der Waals surface area contributed by atoms with Crippen molar-refractivity contribution in [1.29, 1.82) is 0 Å². The van der Waals surface area contributed by atoms with Crippen LogP contribution in [-0.4, -0.2) is 57.8 Å². The molecule has 2 atom stereocenters. The van der Waals surface area contributed by atoms with Crippen molar-refractivity contribution in [3.8, 4) is 0 Å². The Morgan fingerprint density at radius 3 is 2.93 bits per heavy atom. The van der Waals surface area contributed by atoms with Gasteiger partial charge in [0.05, 0.1) is 0 Å². The van der Waals surface area contributed by atoms with Crippen molar-refractivity contribution < 1.29 is 0 Å². The molecule has 1 aliphatic rings. The topological polar surface area (TPSA) is 70.4 Å². The predicted molar refractivity (Wildman–Crippen MR) is 120 cm³/mol. The molecule has 2 aromatic heterocycles. The molecule has 0 aromatic carbocycles. The molecule has 0 bridgehead atoms. The number of nitrogens with one attached hydrogen (secondary N) is 2. The van der Waals surface area contributed by atoms with E-state index in [0.717, 1.165) is 43.7 Å². The minimum atomic E-state index is 0.522. The van der Waals surface area contributed by atoms with Gasteiger partial charge in [-0.05, 0) is 56.6 Å². The minimum Gasteiger partial charge on any atom is -0.356 e. The maximum Gasteiger partial charge on any atom is 0.191 e. The molecule has 1 fully saturated rings. The Labute approximate surface area is 178 Å². The van der Waals surface area contributed by atoms with Crippen molar-refractivity contribution in [2.45, 2.75) is 52.6 Å². The largest absolute Gasteiger partial charge is 0.356 e. The molecule has 3 heterocycles. The Hall–Kier alpha value is -1.93. The highest BCUT2D eigenvalue weighted by Gasteiger charge is 2.23. The summed E-state index contributed by atoms with van der Waals surface area (Å²) in [5, 5.41) is 17.7. The summed E-state index contributed by atoms with van der Waals surface area (Å²) >= 11 is 1.83. The number of hydrogen-bond acceptors (Lipinski definition) is 5. The number of likely N-dealkylation sites (tertiary alicyclic amines) is 1. The standard InChI is InChI=1S/C21H35N7S/c1-5-28-10-6-8-18(28)14-23-21(24-15-20-26-25-17(3)27(20)4)22-13-16(2)12-19-9-7-11-29-19/h7,9,11,16,18H,5-6,8,10,12-15H2,1-4H3,(H2,22,23,24). The van der Waals surface area contributed by atoms with Crippen LogP contribution in [0.4, 0.5) is 0 Å². The van der Waals surface area contributed by atoms with Gasteiger partial charge in [-0.15, -0.1) is 21.5 Å². The maximum absolute atomic E-state index is 4.80. The van der Waals surface area contributed by atoms with Gasteiger partial charge in [-0.25, -0.2) is 4.99 Å². The molecule has 3 rings (SSSR count). The Morgan fingerprint density at radius 1 is 1.38 bits per heavy atom. The summed E-state index contributed by atoms with van der Waals surface area (Å²) in [6.45, 7) is 11.2. The highest BCUT2D eigenvalue weighted by molar-refractivity contribution is 7.09. The minimum absolute atomic E-state index is 0.522. The SMILES string of the molecule is CCN1CCCC1CNC(=NCc1nnc(C)n1C)NCC(C)Cc1cccs1. The highest BCUT2D eigenvalue weighted by atomic mass is 32.1. The van der Waals surface area contributed by atoms with Gasteiger partial charge in [0.2, 0.25) is 0 Å². The first-order valence-electron chi connectivity index (χ1n) is 10.7. The fourth-order valence-electron chi connectivity index (χ4n) is 3.79. The van der Waals surface area contributed by atoms with Crippen LogP contribution in [0.2, 0.25) is 0 Å². The van der Waals surface area contributed by atoms with Crippen LogP contribution in [0.1, 0.15) is 43.2 Å². The van der Waals surface area contributed by atoms with Crippen molar-refractivity contribution in [3.05, 3.63) is 34.0 Å². The quantitative estimate of drug-likeness (QED) is 0.485. The van der Waals surface area contributed by atoms with Crippen molar-refractivity contribution >= 4 is 17.3 Å². The van der Waals surface area contributed by atoms with E-state index in [4.69, 9.17) is 4.99 Å². The third-order valence-corrected chi connectivity index (χ3v) is 6.62. The van der Waals surface area contributed by atoms with E-state index in [1.54, 1.807) is 0 Å². The van der Waals surface area contributed by atoms with E-state index in [0.29, 0.717) is 18.5 Å². The Bertz CT molecular complexity index is 768. The number of aryl methyl sites for hydroxylation is 1. The number of hydrogen-bond donors (Lipinski definition) is 2. The first kappa shape index (κ1) is 21.8. The van der Waals surface area contributed by atoms with Gasteiger partial charge in [-0.2, -0.15) is 0 Å². The first-order valence-corrected chi connectivity index (χ1v) is 11.6. The van der Waals surface area contributed by atoms with E-state index in [-0.39, 0.29) is 0 Å². The van der Waals surface area contributed by atoms with Gasteiger partial charge in [0, 0.05) is 31.1 Å². The van der Waals surface area contributed by atoms with Gasteiger partial charge in [0.1, 0.15) is 12.4 Å². The molecule has 8 heteroatoms. The smallest absolute Gasteiger partial charge is 0.191 e. The number of thiophene rings is 1. The van der Waals surface area contributed by atoms with Crippen LogP contribution >= 0.6 is 11.3 Å². The van der Waals surface area contributed by atoms with Gasteiger partial charge in [-0.1, -0.05) is 19.9 Å². The number of rotatable bonds is 9. The van der Waals surface area contributed by atoms with Crippen LogP contribution < -0.4 is 10.6 Å². The van der Waals surface area contributed by atoms with Gasteiger partial charge in [0.15, 0.2) is 11.8 Å². The Morgan fingerprint density at radius 2 is 2.24 bits per heavy atom. The normalized spacial score (nSPS) is 18.9.